The molecule has 4 nitrogen and oxygen atoms in total. The number of methoxy groups -OCH3 is 1. The first-order valence-corrected chi connectivity index (χ1v) is 9.20. The molecule has 0 bridgehead atoms. The van der Waals surface area contributed by atoms with Crippen LogP contribution in [-0.2, 0) is 17.8 Å². The summed E-state index contributed by atoms with van der Waals surface area (Å²) < 4.78 is 12.0. The lowest BCUT2D eigenvalue weighted by atomic mass is 10.1. The number of carbonyl (C=O) groups is 1. The van der Waals surface area contributed by atoms with E-state index in [-0.39, 0.29) is 12.0 Å². The fourth-order valence-electron chi connectivity index (χ4n) is 2.80. The van der Waals surface area contributed by atoms with E-state index in [1.807, 2.05) is 31.2 Å². The van der Waals surface area contributed by atoms with Crippen LogP contribution in [0.4, 0.5) is 0 Å². The molecule has 0 aliphatic carbocycles. The predicted octanol–water partition coefficient (Wildman–Crippen LogP) is 4.41. The van der Waals surface area contributed by atoms with Crippen LogP contribution >= 0.6 is 22.9 Å². The molecule has 0 N–H and O–H groups in total. The maximum atomic E-state index is 12.4. The number of carbonyl (C=O) groups excluding carboxylic acids is 1. The van der Waals surface area contributed by atoms with Crippen LogP contribution in [0.2, 0.25) is 4.34 Å². The van der Waals surface area contributed by atoms with Crippen LogP contribution in [0.1, 0.15) is 22.9 Å². The number of thiophene rings is 1. The number of hydrogen-bond acceptors (Lipinski definition) is 4. The second-order valence-electron chi connectivity index (χ2n) is 6.07. The SMILES string of the molecule is COc1cc2c(cc1/C=C/C(=O)N(C)Cc1ccc(Cl)s1)OC(C)C2. The average Bonchev–Trinajstić information content (AvgIpc) is 3.15. The molecule has 6 heteroatoms. The molecule has 1 aliphatic rings. The van der Waals surface area contributed by atoms with E-state index in [4.69, 9.17) is 21.1 Å². The number of halogens is 1. The third-order valence-electron chi connectivity index (χ3n) is 4.05. The first kappa shape index (κ1) is 17.8. The molecule has 0 saturated carbocycles. The quantitative estimate of drug-likeness (QED) is 0.724. The van der Waals surface area contributed by atoms with Crippen molar-refractivity contribution in [2.24, 2.45) is 0 Å². The summed E-state index contributed by atoms with van der Waals surface area (Å²) in [6.07, 6.45) is 4.37. The largest absolute Gasteiger partial charge is 0.496 e. The van der Waals surface area contributed by atoms with Crippen molar-refractivity contribution in [3.05, 3.63) is 50.7 Å². The van der Waals surface area contributed by atoms with E-state index >= 15 is 0 Å². The molecule has 1 amide bonds. The Hall–Kier alpha value is -1.98. The van der Waals surface area contributed by atoms with Gasteiger partial charge >= 0.3 is 0 Å². The van der Waals surface area contributed by atoms with Gasteiger partial charge in [-0.15, -0.1) is 11.3 Å². The van der Waals surface area contributed by atoms with E-state index in [1.54, 1.807) is 31.2 Å². The van der Waals surface area contributed by atoms with Gasteiger partial charge in [0, 0.05) is 35.5 Å². The minimum absolute atomic E-state index is 0.0821. The monoisotopic (exact) mass is 377 g/mol. The second kappa shape index (κ2) is 7.50. The molecule has 25 heavy (non-hydrogen) atoms. The van der Waals surface area contributed by atoms with Gasteiger partial charge < -0.3 is 14.4 Å². The van der Waals surface area contributed by atoms with Crippen molar-refractivity contribution in [1.82, 2.24) is 4.90 Å². The Labute approximate surface area is 156 Å². The van der Waals surface area contributed by atoms with Crippen molar-refractivity contribution < 1.29 is 14.3 Å². The van der Waals surface area contributed by atoms with Gasteiger partial charge in [0.1, 0.15) is 17.6 Å². The molecule has 1 atom stereocenters. The topological polar surface area (TPSA) is 38.8 Å². The lowest BCUT2D eigenvalue weighted by molar-refractivity contribution is -0.125. The summed E-state index contributed by atoms with van der Waals surface area (Å²) in [7, 11) is 3.40. The summed E-state index contributed by atoms with van der Waals surface area (Å²) in [5, 5.41) is 0. The van der Waals surface area contributed by atoms with Crippen LogP contribution in [0.25, 0.3) is 6.08 Å². The molecule has 2 heterocycles. The van der Waals surface area contributed by atoms with E-state index in [0.29, 0.717) is 6.54 Å². The molecule has 1 aromatic heterocycles. The standard InChI is InChI=1S/C19H20ClNO3S/c1-12-8-14-10-16(23-3)13(9-17(14)24-12)4-7-19(22)21(2)11-15-5-6-18(20)25-15/h4-7,9-10,12H,8,11H2,1-3H3/b7-4+. The highest BCUT2D eigenvalue weighted by Gasteiger charge is 2.21. The number of nitrogens with zero attached hydrogens (tertiary/aromatic N) is 1. The molecule has 0 saturated heterocycles. The maximum absolute atomic E-state index is 12.4. The molecule has 0 radical (unpaired) electrons. The fraction of sp³-hybridized carbons (Fsp3) is 0.316. The van der Waals surface area contributed by atoms with E-state index in [2.05, 4.69) is 0 Å². The van der Waals surface area contributed by atoms with Gasteiger partial charge in [-0.1, -0.05) is 11.6 Å². The molecular weight excluding hydrogens is 358 g/mol. The van der Waals surface area contributed by atoms with Gasteiger partial charge in [0.05, 0.1) is 18.0 Å². The second-order valence-corrected chi connectivity index (χ2v) is 7.87. The summed E-state index contributed by atoms with van der Waals surface area (Å²) in [6.45, 7) is 2.57. The molecule has 0 spiro atoms. The van der Waals surface area contributed by atoms with Gasteiger partial charge in [-0.2, -0.15) is 0 Å². The van der Waals surface area contributed by atoms with E-state index in [0.717, 1.165) is 38.3 Å². The summed E-state index contributed by atoms with van der Waals surface area (Å²) in [4.78, 5) is 15.0. The van der Waals surface area contributed by atoms with E-state index in [9.17, 15) is 4.79 Å². The Kier molecular flexibility index (Phi) is 5.35. The molecule has 1 unspecified atom stereocenters. The molecule has 2 aromatic rings. The minimum atomic E-state index is -0.0821. The van der Waals surface area contributed by atoms with Gasteiger partial charge in [0.2, 0.25) is 5.91 Å². The predicted molar refractivity (Wildman–Crippen MR) is 102 cm³/mol. The number of hydrogen-bond donors (Lipinski definition) is 0. The molecule has 132 valence electrons. The Morgan fingerprint density at radius 3 is 2.96 bits per heavy atom. The summed E-state index contributed by atoms with van der Waals surface area (Å²) in [5.41, 5.74) is 1.97. The molecule has 0 fully saturated rings. The van der Waals surface area contributed by atoms with Crippen molar-refractivity contribution in [1.29, 1.82) is 0 Å². The summed E-state index contributed by atoms with van der Waals surface area (Å²) >= 11 is 7.41. The van der Waals surface area contributed by atoms with Crippen LogP contribution in [0.3, 0.4) is 0 Å². The van der Waals surface area contributed by atoms with Crippen molar-refractivity contribution >= 4 is 34.9 Å². The van der Waals surface area contributed by atoms with Crippen molar-refractivity contribution in [2.45, 2.75) is 26.0 Å². The zero-order valence-corrected chi connectivity index (χ0v) is 16.0. The number of likely N-dealkylation sites (N-methyl/N-ethyl adjacent to an activating group) is 1. The smallest absolute Gasteiger partial charge is 0.246 e. The number of ether oxygens (including phenoxy) is 2. The highest BCUT2D eigenvalue weighted by atomic mass is 35.5. The van der Waals surface area contributed by atoms with Gasteiger partial charge in [0.15, 0.2) is 0 Å². The van der Waals surface area contributed by atoms with Crippen LogP contribution in [-0.4, -0.2) is 31.1 Å². The Morgan fingerprint density at radius 1 is 1.48 bits per heavy atom. The highest BCUT2D eigenvalue weighted by Crippen LogP contribution is 2.35. The van der Waals surface area contributed by atoms with Crippen molar-refractivity contribution in [3.8, 4) is 11.5 Å². The summed E-state index contributed by atoms with van der Waals surface area (Å²) in [5.74, 6) is 1.52. The first-order valence-electron chi connectivity index (χ1n) is 8.01. The number of rotatable bonds is 5. The van der Waals surface area contributed by atoms with Crippen LogP contribution < -0.4 is 9.47 Å². The zero-order valence-electron chi connectivity index (χ0n) is 14.4. The third kappa shape index (κ3) is 4.17. The van der Waals surface area contributed by atoms with Gasteiger partial charge in [0.25, 0.3) is 0 Å². The lowest BCUT2D eigenvalue weighted by Crippen LogP contribution is -2.23. The van der Waals surface area contributed by atoms with Gasteiger partial charge in [-0.3, -0.25) is 4.79 Å². The average molecular weight is 378 g/mol. The first-order chi connectivity index (χ1) is 12.0. The Balaban J connectivity index is 1.72. The minimum Gasteiger partial charge on any atom is -0.496 e. The number of benzene rings is 1. The summed E-state index contributed by atoms with van der Waals surface area (Å²) in [6, 6.07) is 7.69. The van der Waals surface area contributed by atoms with Crippen molar-refractivity contribution in [2.75, 3.05) is 14.2 Å². The lowest BCUT2D eigenvalue weighted by Gasteiger charge is -2.14. The van der Waals surface area contributed by atoms with Crippen LogP contribution in [0.15, 0.2) is 30.3 Å². The Bertz CT molecular complexity index is 815. The van der Waals surface area contributed by atoms with Gasteiger partial charge in [-0.25, -0.2) is 0 Å². The Morgan fingerprint density at radius 2 is 2.28 bits per heavy atom. The van der Waals surface area contributed by atoms with E-state index in [1.165, 1.54) is 11.3 Å². The third-order valence-corrected chi connectivity index (χ3v) is 5.27. The van der Waals surface area contributed by atoms with Crippen molar-refractivity contribution in [3.63, 3.8) is 0 Å². The number of amides is 1. The van der Waals surface area contributed by atoms with Crippen LogP contribution in [0.5, 0.6) is 11.5 Å². The highest BCUT2D eigenvalue weighted by molar-refractivity contribution is 7.16. The normalized spacial score (nSPS) is 15.9. The van der Waals surface area contributed by atoms with E-state index < -0.39 is 0 Å². The molecule has 1 aliphatic heterocycles. The zero-order chi connectivity index (χ0) is 18.0. The molecule has 1 aromatic carbocycles. The maximum Gasteiger partial charge on any atom is 0.246 e. The number of fused-ring (bicyclic) bond motifs is 1. The fourth-order valence-corrected chi connectivity index (χ4v) is 3.94. The van der Waals surface area contributed by atoms with Gasteiger partial charge in [-0.05, 0) is 37.3 Å². The molecular formula is C19H20ClNO3S. The molecule has 3 rings (SSSR count). The van der Waals surface area contributed by atoms with Crippen LogP contribution in [0, 0.1) is 0 Å².